The fourth-order valence-corrected chi connectivity index (χ4v) is 9.28. The lowest BCUT2D eigenvalue weighted by atomic mass is 9.88. The van der Waals surface area contributed by atoms with Crippen LogP contribution in [0, 0.1) is 0 Å². The average molecular weight is 915 g/mol. The number of benzene rings is 4. The van der Waals surface area contributed by atoms with Crippen LogP contribution in [0.3, 0.4) is 0 Å². The normalized spacial score (nSPS) is 29.0. The zero-order valence-corrected chi connectivity index (χ0v) is 36.6. The summed E-state index contributed by atoms with van der Waals surface area (Å²) in [5.41, 5.74) is 8.31. The van der Waals surface area contributed by atoms with E-state index in [1.54, 1.807) is 0 Å². The molecule has 0 spiro atoms. The Morgan fingerprint density at radius 3 is 1.42 bits per heavy atom. The van der Waals surface area contributed by atoms with Crippen LogP contribution >= 0.6 is 0 Å². The number of methoxy groups -OCH3 is 1. The van der Waals surface area contributed by atoms with Gasteiger partial charge in [0.05, 0.1) is 13.7 Å². The Morgan fingerprint density at radius 1 is 0.545 bits per heavy atom. The number of rotatable bonds is 11. The van der Waals surface area contributed by atoms with E-state index in [2.05, 4.69) is 10.8 Å². The Labute approximate surface area is 382 Å². The SMILES string of the molecule is COC(=O)OC[C@H]1O[C@@H](c2ccc(C3CC3)c(Cc3ccc4c(c3)OCCO4)c2)[C@H](O)[C@@H](O)[C@@H]1O.OC[C@H]1O[C@@H](c2ccc(C3CC3)c(Cc3ccc4c(c3)OCCO4)c2)[C@H](O)[C@@H](O)[C@@H]1O. The van der Waals surface area contributed by atoms with Crippen LogP contribution in [0.5, 0.6) is 23.0 Å². The average Bonchev–Trinajstić information content (AvgIpc) is 4.29. The van der Waals surface area contributed by atoms with Gasteiger partial charge in [0.2, 0.25) is 0 Å². The second kappa shape index (κ2) is 20.1. The zero-order valence-electron chi connectivity index (χ0n) is 36.6. The molecule has 2 aliphatic carbocycles. The monoisotopic (exact) mass is 914 g/mol. The minimum absolute atomic E-state index is 0.321. The molecule has 4 heterocycles. The van der Waals surface area contributed by atoms with E-state index in [1.165, 1.54) is 18.2 Å². The van der Waals surface area contributed by atoms with Crippen molar-refractivity contribution < 1.29 is 78.4 Å². The summed E-state index contributed by atoms with van der Waals surface area (Å²) in [6.07, 6.45) is -6.97. The largest absolute Gasteiger partial charge is 0.508 e. The summed E-state index contributed by atoms with van der Waals surface area (Å²) in [5.74, 6) is 4.02. The molecule has 4 aromatic rings. The third kappa shape index (κ3) is 10.1. The molecule has 2 saturated carbocycles. The molecule has 7 N–H and O–H groups in total. The first kappa shape index (κ1) is 46.1. The Balaban J connectivity index is 0.000000167. The Kier molecular flexibility index (Phi) is 14.0. The second-order valence-electron chi connectivity index (χ2n) is 17.9. The topological polar surface area (TPSA) is 233 Å². The molecule has 4 aliphatic heterocycles. The van der Waals surface area contributed by atoms with Crippen molar-refractivity contribution in [3.8, 4) is 23.0 Å². The summed E-state index contributed by atoms with van der Waals surface area (Å²) >= 11 is 0. The predicted octanol–water partition coefficient (Wildman–Crippen LogP) is 3.67. The van der Waals surface area contributed by atoms with Crippen LogP contribution in [-0.2, 0) is 31.8 Å². The Bertz CT molecular complexity index is 2330. The highest BCUT2D eigenvalue weighted by molar-refractivity contribution is 5.59. The van der Waals surface area contributed by atoms with Gasteiger partial charge in [-0.3, -0.25) is 0 Å². The highest BCUT2D eigenvalue weighted by atomic mass is 16.7. The van der Waals surface area contributed by atoms with Crippen LogP contribution in [0.15, 0.2) is 72.8 Å². The molecule has 16 heteroatoms. The quantitative estimate of drug-likeness (QED) is 0.106. The van der Waals surface area contributed by atoms with Crippen molar-refractivity contribution in [3.05, 3.63) is 117 Å². The van der Waals surface area contributed by atoms with Crippen molar-refractivity contribution in [1.29, 1.82) is 0 Å². The molecule has 16 nitrogen and oxygen atoms in total. The zero-order chi connectivity index (χ0) is 46.1. The van der Waals surface area contributed by atoms with Gasteiger partial charge in [-0.15, -0.1) is 0 Å². The van der Waals surface area contributed by atoms with Gasteiger partial charge in [-0.05, 0) is 119 Å². The van der Waals surface area contributed by atoms with Crippen LogP contribution < -0.4 is 18.9 Å². The van der Waals surface area contributed by atoms with Crippen LogP contribution in [-0.4, -0.2) is 137 Å². The summed E-state index contributed by atoms with van der Waals surface area (Å²) in [4.78, 5) is 11.4. The lowest BCUT2D eigenvalue weighted by Crippen LogP contribution is -2.55. The first-order valence-electron chi connectivity index (χ1n) is 22.7. The molecule has 0 radical (unpaired) electrons. The summed E-state index contributed by atoms with van der Waals surface area (Å²) in [5, 5.41) is 71.8. The van der Waals surface area contributed by atoms with E-state index in [-0.39, 0.29) is 6.61 Å². The summed E-state index contributed by atoms with van der Waals surface area (Å²) in [6, 6.07) is 23.8. The molecule has 2 saturated heterocycles. The molecule has 6 aliphatic rings. The lowest BCUT2D eigenvalue weighted by Gasteiger charge is -2.40. The summed E-state index contributed by atoms with van der Waals surface area (Å²) in [6.45, 7) is 1.39. The maximum absolute atomic E-state index is 11.4. The molecule has 4 aromatic carbocycles. The van der Waals surface area contributed by atoms with Crippen LogP contribution in [0.2, 0.25) is 0 Å². The van der Waals surface area contributed by atoms with Gasteiger partial charge >= 0.3 is 6.16 Å². The number of hydrogen-bond acceptors (Lipinski definition) is 16. The van der Waals surface area contributed by atoms with E-state index in [0.717, 1.165) is 70.9 Å². The summed E-state index contributed by atoms with van der Waals surface area (Å²) in [7, 11) is 1.17. The van der Waals surface area contributed by atoms with Crippen molar-refractivity contribution in [3.63, 3.8) is 0 Å². The van der Waals surface area contributed by atoms with E-state index >= 15 is 0 Å². The first-order chi connectivity index (χ1) is 32.0. The minimum atomic E-state index is -1.47. The van der Waals surface area contributed by atoms with E-state index in [0.29, 0.717) is 62.2 Å². The number of fused-ring (bicyclic) bond motifs is 2. The molecule has 0 unspecified atom stereocenters. The fraction of sp³-hybridized carbons (Fsp3) is 0.500. The van der Waals surface area contributed by atoms with E-state index < -0.39 is 73.8 Å². The van der Waals surface area contributed by atoms with Gasteiger partial charge in [0.1, 0.15) is 94.1 Å². The van der Waals surface area contributed by atoms with Gasteiger partial charge in [-0.25, -0.2) is 4.79 Å². The molecule has 4 fully saturated rings. The van der Waals surface area contributed by atoms with Gasteiger partial charge in [0, 0.05) is 0 Å². The van der Waals surface area contributed by atoms with E-state index in [9.17, 15) is 40.5 Å². The van der Waals surface area contributed by atoms with Gasteiger partial charge in [0.15, 0.2) is 23.0 Å². The van der Waals surface area contributed by atoms with Crippen molar-refractivity contribution >= 4 is 6.16 Å². The predicted molar refractivity (Wildman–Crippen MR) is 234 cm³/mol. The van der Waals surface area contributed by atoms with Crippen molar-refractivity contribution in [1.82, 2.24) is 0 Å². The van der Waals surface area contributed by atoms with E-state index in [4.69, 9.17) is 33.2 Å². The van der Waals surface area contributed by atoms with Gasteiger partial charge in [-0.2, -0.15) is 0 Å². The fourth-order valence-electron chi connectivity index (χ4n) is 9.28. The molecule has 0 amide bonds. The third-order valence-corrected chi connectivity index (χ3v) is 13.2. The molecule has 10 rings (SSSR count). The number of ether oxygens (including phenoxy) is 8. The first-order valence-corrected chi connectivity index (χ1v) is 22.7. The number of carbonyl (C=O) groups excluding carboxylic acids is 1. The molecular formula is C50H58O16. The highest BCUT2D eigenvalue weighted by Gasteiger charge is 2.46. The number of carbonyl (C=O) groups is 1. The van der Waals surface area contributed by atoms with Crippen molar-refractivity contribution in [2.75, 3.05) is 46.8 Å². The number of aliphatic hydroxyl groups excluding tert-OH is 7. The van der Waals surface area contributed by atoms with E-state index in [1.807, 2.05) is 66.7 Å². The summed E-state index contributed by atoms with van der Waals surface area (Å²) < 4.78 is 43.8. The Morgan fingerprint density at radius 2 is 0.985 bits per heavy atom. The van der Waals surface area contributed by atoms with Gasteiger partial charge in [-0.1, -0.05) is 48.5 Å². The maximum Gasteiger partial charge on any atom is 0.508 e. The van der Waals surface area contributed by atoms with Crippen molar-refractivity contribution in [2.45, 2.75) is 111 Å². The smallest absolute Gasteiger partial charge is 0.486 e. The molecule has 10 atom stereocenters. The standard InChI is InChI=1S/C26H30O9.C24H28O7/c1-31-26(30)34-13-21-22(27)23(28)24(29)25(35-21)16-5-6-18(15-3-4-15)17(12-16)10-14-2-7-19-20(11-14)33-9-8-32-19;25-12-20-21(26)22(27)23(28)24(31-20)15-4-5-17(14-2-3-14)16(11-15)9-13-1-6-18-19(10-13)30-8-7-29-18/h2,5-7,11-12,15,21-25,27-29H,3-4,8-10,13H2,1H3;1,4-6,10-11,14,20-28H,2-3,7-9,12H2/t21-,22-,23+,24-,25+;20-,21-,22+,23-,24+/m11/s1. The lowest BCUT2D eigenvalue weighted by molar-refractivity contribution is -0.232. The van der Waals surface area contributed by atoms with Crippen LogP contribution in [0.4, 0.5) is 4.79 Å². The minimum Gasteiger partial charge on any atom is -0.486 e. The molecular weight excluding hydrogens is 857 g/mol. The molecule has 0 aromatic heterocycles. The van der Waals surface area contributed by atoms with Gasteiger partial charge < -0.3 is 73.6 Å². The van der Waals surface area contributed by atoms with Crippen LogP contribution in [0.25, 0.3) is 0 Å². The number of hydrogen-bond donors (Lipinski definition) is 7. The molecule has 66 heavy (non-hydrogen) atoms. The third-order valence-electron chi connectivity index (χ3n) is 13.2. The molecule has 354 valence electrons. The second-order valence-corrected chi connectivity index (χ2v) is 17.9. The molecule has 0 bridgehead atoms. The van der Waals surface area contributed by atoms with Crippen LogP contribution in [0.1, 0.15) is 94.2 Å². The number of aliphatic hydroxyl groups is 7. The maximum atomic E-state index is 11.4. The Hall–Kier alpha value is -5.01. The van der Waals surface area contributed by atoms with Crippen molar-refractivity contribution in [2.24, 2.45) is 0 Å². The highest BCUT2D eigenvalue weighted by Crippen LogP contribution is 2.46. The van der Waals surface area contributed by atoms with Gasteiger partial charge in [0.25, 0.3) is 0 Å².